The average Bonchev–Trinajstić information content (AvgIpc) is 3.41. The molecular weight excluding hydrogens is 684 g/mol. The Bertz CT molecular complexity index is 2060. The molecule has 51 heavy (non-hydrogen) atoms. The second kappa shape index (κ2) is 13.9. The fraction of sp³-hybridized carbons (Fsp3) is 0.371. The molecule has 0 aliphatic carbocycles. The summed E-state index contributed by atoms with van der Waals surface area (Å²) in [6, 6.07) is 3.10. The molecule has 2 aliphatic rings. The maximum atomic E-state index is 16.0. The van der Waals surface area contributed by atoms with Gasteiger partial charge in [-0.15, -0.1) is 5.10 Å². The van der Waals surface area contributed by atoms with E-state index in [0.29, 0.717) is 21.8 Å². The molecule has 2 aromatic heterocycles. The van der Waals surface area contributed by atoms with Crippen molar-refractivity contribution in [3.05, 3.63) is 98.6 Å². The molecule has 270 valence electrons. The topological polar surface area (TPSA) is 108 Å². The van der Waals surface area contributed by atoms with Crippen LogP contribution in [0.1, 0.15) is 53.2 Å². The number of carbonyl (C=O) groups is 2. The van der Waals surface area contributed by atoms with Gasteiger partial charge in [-0.25, -0.2) is 13.2 Å². The van der Waals surface area contributed by atoms with Gasteiger partial charge in [-0.2, -0.15) is 13.2 Å². The third kappa shape index (κ3) is 7.36. The molecule has 2 aliphatic heterocycles. The Balaban J connectivity index is 1.56. The first-order valence-electron chi connectivity index (χ1n) is 16.1. The SMILES string of the molecule is CCOC(=O)C[C@@H]1NC(=O)C(n2cc(CCN3CC(F)C3)c(C(F)(F)F)cc2=O)c2cc(ccc2F)Oc2nn(C)cc2-c2cc(C)c(F)c1c2. The highest BCUT2D eigenvalue weighted by atomic mass is 19.4. The molecular formula is C35H33F6N5O5. The highest BCUT2D eigenvalue weighted by molar-refractivity contribution is 5.85. The van der Waals surface area contributed by atoms with Gasteiger partial charge in [0.15, 0.2) is 0 Å². The van der Waals surface area contributed by atoms with Gasteiger partial charge >= 0.3 is 12.1 Å². The number of hydrogen-bond donors (Lipinski definition) is 1. The summed E-state index contributed by atoms with van der Waals surface area (Å²) in [5.41, 5.74) is -2.68. The van der Waals surface area contributed by atoms with Crippen LogP contribution in [-0.4, -0.2) is 63.5 Å². The zero-order valence-corrected chi connectivity index (χ0v) is 27.7. The first-order chi connectivity index (χ1) is 24.1. The van der Waals surface area contributed by atoms with Crippen molar-refractivity contribution in [1.29, 1.82) is 0 Å². The van der Waals surface area contributed by atoms with Crippen molar-refractivity contribution in [1.82, 2.24) is 24.6 Å². The van der Waals surface area contributed by atoms with Crippen molar-refractivity contribution < 1.29 is 45.4 Å². The Hall–Kier alpha value is -5.12. The summed E-state index contributed by atoms with van der Waals surface area (Å²) >= 11 is 0. The number of aryl methyl sites for hydroxylation is 2. The fourth-order valence-corrected chi connectivity index (χ4v) is 6.37. The van der Waals surface area contributed by atoms with Crippen molar-refractivity contribution in [2.24, 2.45) is 7.05 Å². The van der Waals surface area contributed by atoms with Gasteiger partial charge in [-0.05, 0) is 67.3 Å². The first kappa shape index (κ1) is 35.7. The fourth-order valence-electron chi connectivity index (χ4n) is 6.37. The van der Waals surface area contributed by atoms with E-state index in [1.165, 1.54) is 29.8 Å². The summed E-state index contributed by atoms with van der Waals surface area (Å²) in [4.78, 5) is 42.3. The monoisotopic (exact) mass is 717 g/mol. The van der Waals surface area contributed by atoms with Crippen LogP contribution in [0.2, 0.25) is 0 Å². The predicted molar refractivity (Wildman–Crippen MR) is 171 cm³/mol. The minimum Gasteiger partial charge on any atom is -0.466 e. The lowest BCUT2D eigenvalue weighted by Crippen LogP contribution is -2.49. The number of alkyl halides is 4. The second-order valence-electron chi connectivity index (χ2n) is 12.5. The standard InChI is InChI=1S/C35H33F6N5O5/c1-4-50-30(48)13-28-24-10-20(9-18(2)31(24)38)25-17-44(3)43-34(25)51-22-5-6-27(37)23(11-22)32(33(49)42-28)46-14-19(7-8-45-15-21(36)16-45)26(12-29(46)47)35(39,40)41/h5-6,9-12,14,17,21,28,32H,4,7-8,13,15-16H2,1-3H3,(H,42,49)/t28-,32?/m0/s1. The number of pyridine rings is 1. The molecule has 2 atom stereocenters. The molecule has 6 rings (SSSR count). The Morgan fingerprint density at radius 1 is 1.08 bits per heavy atom. The van der Waals surface area contributed by atoms with E-state index in [4.69, 9.17) is 9.47 Å². The van der Waals surface area contributed by atoms with Gasteiger partial charge < -0.3 is 14.8 Å². The number of amides is 1. The molecule has 10 nitrogen and oxygen atoms in total. The Kier molecular flexibility index (Phi) is 9.72. The van der Waals surface area contributed by atoms with Gasteiger partial charge in [0, 0.05) is 56.3 Å². The number of hydrogen-bond acceptors (Lipinski definition) is 7. The summed E-state index contributed by atoms with van der Waals surface area (Å²) in [6.45, 7) is 3.06. The highest BCUT2D eigenvalue weighted by Crippen LogP contribution is 2.39. The highest BCUT2D eigenvalue weighted by Gasteiger charge is 2.38. The predicted octanol–water partition coefficient (Wildman–Crippen LogP) is 5.56. The number of carbonyl (C=O) groups excluding carboxylic acids is 2. The largest absolute Gasteiger partial charge is 0.466 e. The van der Waals surface area contributed by atoms with Gasteiger partial charge in [-0.1, -0.05) is 0 Å². The molecule has 0 saturated carbocycles. The molecule has 1 unspecified atom stereocenters. The van der Waals surface area contributed by atoms with Crippen molar-refractivity contribution in [3.8, 4) is 22.8 Å². The molecule has 1 saturated heterocycles. The number of esters is 1. The number of nitrogens with zero attached hydrogens (tertiary/aromatic N) is 4. The number of rotatable bonds is 7. The average molecular weight is 718 g/mol. The van der Waals surface area contributed by atoms with Crippen molar-refractivity contribution >= 4 is 11.9 Å². The van der Waals surface area contributed by atoms with E-state index in [1.54, 1.807) is 25.1 Å². The molecule has 16 heteroatoms. The lowest BCUT2D eigenvalue weighted by molar-refractivity contribution is -0.144. The quantitative estimate of drug-likeness (QED) is 0.197. The van der Waals surface area contributed by atoms with Crippen LogP contribution >= 0.6 is 0 Å². The summed E-state index contributed by atoms with van der Waals surface area (Å²) in [6.07, 6.45) is -4.54. The minimum absolute atomic E-state index is 0.0131. The molecule has 4 bridgehead atoms. The van der Waals surface area contributed by atoms with Crippen molar-refractivity contribution in [2.75, 3.05) is 26.2 Å². The number of likely N-dealkylation sites (tertiary alicyclic amines) is 1. The third-order valence-corrected chi connectivity index (χ3v) is 8.84. The van der Waals surface area contributed by atoms with Gasteiger partial charge in [0.1, 0.15) is 29.6 Å². The summed E-state index contributed by atoms with van der Waals surface area (Å²) in [5, 5.41) is 6.90. The lowest BCUT2D eigenvalue weighted by Gasteiger charge is -2.34. The molecule has 1 amide bonds. The third-order valence-electron chi connectivity index (χ3n) is 8.84. The van der Waals surface area contributed by atoms with Crippen LogP contribution in [0.15, 0.2) is 53.6 Å². The molecule has 4 heterocycles. The smallest absolute Gasteiger partial charge is 0.416 e. The number of fused-ring (bicyclic) bond motifs is 6. The number of halogens is 6. The van der Waals surface area contributed by atoms with Crippen LogP contribution in [0.5, 0.6) is 11.6 Å². The maximum absolute atomic E-state index is 16.0. The van der Waals surface area contributed by atoms with E-state index in [0.717, 1.165) is 18.3 Å². The Morgan fingerprint density at radius 2 is 1.82 bits per heavy atom. The molecule has 4 aromatic rings. The first-order valence-corrected chi connectivity index (χ1v) is 16.1. The summed E-state index contributed by atoms with van der Waals surface area (Å²) < 4.78 is 101. The van der Waals surface area contributed by atoms with Gasteiger partial charge in [0.25, 0.3) is 5.56 Å². The molecule has 0 spiro atoms. The Labute approximate surface area is 287 Å². The van der Waals surface area contributed by atoms with Gasteiger partial charge in [-0.3, -0.25) is 28.5 Å². The summed E-state index contributed by atoms with van der Waals surface area (Å²) in [5.74, 6) is -3.79. The van der Waals surface area contributed by atoms with Crippen molar-refractivity contribution in [2.45, 2.75) is 51.1 Å². The lowest BCUT2D eigenvalue weighted by atomic mass is 9.94. The van der Waals surface area contributed by atoms with E-state index in [2.05, 4.69) is 10.4 Å². The number of benzene rings is 2. The van der Waals surface area contributed by atoms with Crippen molar-refractivity contribution in [3.63, 3.8) is 0 Å². The Morgan fingerprint density at radius 3 is 2.51 bits per heavy atom. The number of nitrogens with one attached hydrogen (secondary N) is 1. The summed E-state index contributed by atoms with van der Waals surface area (Å²) in [7, 11) is 1.61. The molecule has 0 radical (unpaired) electrons. The van der Waals surface area contributed by atoms with E-state index in [1.807, 2.05) is 0 Å². The zero-order valence-electron chi connectivity index (χ0n) is 27.7. The minimum atomic E-state index is -4.97. The van der Waals surface area contributed by atoms with Crippen LogP contribution in [0.4, 0.5) is 26.3 Å². The number of aromatic nitrogens is 3. The van der Waals surface area contributed by atoms with Gasteiger partial charge in [0.2, 0.25) is 11.8 Å². The second-order valence-corrected chi connectivity index (χ2v) is 12.5. The van der Waals surface area contributed by atoms with Crippen LogP contribution in [0, 0.1) is 18.6 Å². The zero-order chi connectivity index (χ0) is 36.8. The van der Waals surface area contributed by atoms with Crippen LogP contribution in [0.25, 0.3) is 11.1 Å². The number of ether oxygens (including phenoxy) is 2. The van der Waals surface area contributed by atoms with E-state index >= 15 is 8.78 Å². The van der Waals surface area contributed by atoms with Crippen LogP contribution in [0.3, 0.4) is 0 Å². The normalized spacial score (nSPS) is 18.0. The van der Waals surface area contributed by atoms with E-state index in [-0.39, 0.29) is 55.4 Å². The maximum Gasteiger partial charge on any atom is 0.416 e. The molecule has 1 fully saturated rings. The van der Waals surface area contributed by atoms with Gasteiger partial charge in [0.05, 0.1) is 30.2 Å². The van der Waals surface area contributed by atoms with Crippen LogP contribution in [-0.2, 0) is 34.0 Å². The molecule has 2 aromatic carbocycles. The molecule has 1 N–H and O–H groups in total. The van der Waals surface area contributed by atoms with E-state index in [9.17, 15) is 31.9 Å². The van der Waals surface area contributed by atoms with E-state index < -0.39 is 76.6 Å². The van der Waals surface area contributed by atoms with Crippen LogP contribution < -0.4 is 15.6 Å².